The second-order valence-electron chi connectivity index (χ2n) is 5.49. The number of benzene rings is 1. The number of rotatable bonds is 9. The number of urea groups is 1. The first kappa shape index (κ1) is 18.2. The number of carbonyl (C=O) groups is 1. The van der Waals surface area contributed by atoms with Crippen LogP contribution in [0.3, 0.4) is 0 Å². The fourth-order valence-corrected chi connectivity index (χ4v) is 1.93. The number of hydrogen-bond acceptors (Lipinski definition) is 2. The van der Waals surface area contributed by atoms with Gasteiger partial charge in [-0.1, -0.05) is 26.0 Å². The molecular formula is C16H24F2N2O2. The predicted molar refractivity (Wildman–Crippen MR) is 82.3 cm³/mol. The van der Waals surface area contributed by atoms with Gasteiger partial charge in [0, 0.05) is 13.1 Å². The molecule has 4 nitrogen and oxygen atoms in total. The standard InChI is InChI=1S/C16H24F2N2O2/c1-12(2)4-3-10-19-16(21)20-11-9-13-5-7-14(8-6-13)22-15(17)18/h5-8,12,15H,3-4,9-11H2,1-2H3,(H2,19,20,21). The van der Waals surface area contributed by atoms with Crippen molar-refractivity contribution in [1.29, 1.82) is 0 Å². The summed E-state index contributed by atoms with van der Waals surface area (Å²) in [4.78, 5) is 11.5. The maximum absolute atomic E-state index is 12.0. The monoisotopic (exact) mass is 314 g/mol. The van der Waals surface area contributed by atoms with Crippen LogP contribution in [0.25, 0.3) is 0 Å². The summed E-state index contributed by atoms with van der Waals surface area (Å²) in [5.41, 5.74) is 0.946. The van der Waals surface area contributed by atoms with Crippen molar-refractivity contribution in [3.63, 3.8) is 0 Å². The SMILES string of the molecule is CC(C)CCCNC(=O)NCCc1ccc(OC(F)F)cc1. The highest BCUT2D eigenvalue weighted by atomic mass is 19.3. The minimum atomic E-state index is -2.81. The zero-order chi connectivity index (χ0) is 16.4. The summed E-state index contributed by atoms with van der Waals surface area (Å²) in [5.74, 6) is 0.775. The van der Waals surface area contributed by atoms with E-state index in [1.165, 1.54) is 12.1 Å². The molecule has 0 aromatic heterocycles. The molecule has 1 aromatic rings. The van der Waals surface area contributed by atoms with Crippen molar-refractivity contribution < 1.29 is 18.3 Å². The molecule has 0 aliphatic carbocycles. The van der Waals surface area contributed by atoms with Gasteiger partial charge in [0.2, 0.25) is 0 Å². The summed E-state index contributed by atoms with van der Waals surface area (Å²) >= 11 is 0. The largest absolute Gasteiger partial charge is 0.435 e. The van der Waals surface area contributed by atoms with E-state index in [1.54, 1.807) is 12.1 Å². The van der Waals surface area contributed by atoms with Crippen LogP contribution >= 0.6 is 0 Å². The van der Waals surface area contributed by atoms with Gasteiger partial charge >= 0.3 is 12.6 Å². The molecule has 0 unspecified atom stereocenters. The zero-order valence-corrected chi connectivity index (χ0v) is 13.1. The summed E-state index contributed by atoms with van der Waals surface area (Å²) in [5, 5.41) is 5.57. The molecule has 6 heteroatoms. The second kappa shape index (κ2) is 9.97. The summed E-state index contributed by atoms with van der Waals surface area (Å²) in [6, 6.07) is 6.22. The topological polar surface area (TPSA) is 50.4 Å². The molecule has 22 heavy (non-hydrogen) atoms. The molecule has 0 saturated carbocycles. The molecule has 0 aliphatic heterocycles. The highest BCUT2D eigenvalue weighted by Gasteiger charge is 2.04. The van der Waals surface area contributed by atoms with Gasteiger partial charge in [0.1, 0.15) is 5.75 Å². The average Bonchev–Trinajstić information content (AvgIpc) is 2.45. The first-order chi connectivity index (χ1) is 10.5. The highest BCUT2D eigenvalue weighted by molar-refractivity contribution is 5.73. The molecule has 0 spiro atoms. The smallest absolute Gasteiger partial charge is 0.387 e. The van der Waals surface area contributed by atoms with Crippen molar-refractivity contribution in [3.8, 4) is 5.75 Å². The van der Waals surface area contributed by atoms with Gasteiger partial charge in [-0.05, 0) is 42.9 Å². The van der Waals surface area contributed by atoms with Gasteiger partial charge in [0.05, 0.1) is 0 Å². The molecular weight excluding hydrogens is 290 g/mol. The lowest BCUT2D eigenvalue weighted by molar-refractivity contribution is -0.0498. The maximum atomic E-state index is 12.0. The van der Waals surface area contributed by atoms with Gasteiger partial charge in [-0.3, -0.25) is 0 Å². The minimum Gasteiger partial charge on any atom is -0.435 e. The maximum Gasteiger partial charge on any atom is 0.387 e. The zero-order valence-electron chi connectivity index (χ0n) is 13.1. The molecule has 0 aliphatic rings. The molecule has 0 radical (unpaired) electrons. The van der Waals surface area contributed by atoms with Crippen LogP contribution in [0.5, 0.6) is 5.75 Å². The Kier molecular flexibility index (Phi) is 8.25. The van der Waals surface area contributed by atoms with Crippen LogP contribution in [-0.2, 0) is 6.42 Å². The van der Waals surface area contributed by atoms with E-state index in [0.29, 0.717) is 25.4 Å². The number of hydrogen-bond donors (Lipinski definition) is 2. The molecule has 2 amide bonds. The molecule has 0 fully saturated rings. The number of amides is 2. The van der Waals surface area contributed by atoms with Gasteiger partial charge in [0.25, 0.3) is 0 Å². The van der Waals surface area contributed by atoms with E-state index >= 15 is 0 Å². The third kappa shape index (κ3) is 8.44. The Labute approximate surface area is 130 Å². The van der Waals surface area contributed by atoms with Crippen LogP contribution in [0, 0.1) is 5.92 Å². The molecule has 0 bridgehead atoms. The van der Waals surface area contributed by atoms with Crippen LogP contribution in [0.2, 0.25) is 0 Å². The predicted octanol–water partition coefficient (Wildman–Crippen LogP) is 3.57. The summed E-state index contributed by atoms with van der Waals surface area (Å²) < 4.78 is 28.3. The van der Waals surface area contributed by atoms with E-state index in [1.807, 2.05) is 0 Å². The van der Waals surface area contributed by atoms with Crippen LogP contribution in [0.1, 0.15) is 32.3 Å². The third-order valence-corrected chi connectivity index (χ3v) is 3.09. The molecule has 0 heterocycles. The molecule has 2 N–H and O–H groups in total. The summed E-state index contributed by atoms with van der Waals surface area (Å²) in [7, 11) is 0. The second-order valence-corrected chi connectivity index (χ2v) is 5.49. The van der Waals surface area contributed by atoms with Crippen molar-refractivity contribution in [2.24, 2.45) is 5.92 Å². The molecule has 124 valence electrons. The number of ether oxygens (including phenoxy) is 1. The van der Waals surface area contributed by atoms with Crippen molar-refractivity contribution in [1.82, 2.24) is 10.6 Å². The first-order valence-corrected chi connectivity index (χ1v) is 7.53. The quantitative estimate of drug-likeness (QED) is 0.685. The number of carbonyl (C=O) groups excluding carboxylic acids is 1. The van der Waals surface area contributed by atoms with Crippen LogP contribution < -0.4 is 15.4 Å². The van der Waals surface area contributed by atoms with Gasteiger partial charge in [-0.2, -0.15) is 8.78 Å². The Hall–Kier alpha value is -1.85. The van der Waals surface area contributed by atoms with Gasteiger partial charge in [-0.25, -0.2) is 4.79 Å². The van der Waals surface area contributed by atoms with Crippen molar-refractivity contribution >= 4 is 6.03 Å². The van der Waals surface area contributed by atoms with Crippen LogP contribution in [-0.4, -0.2) is 25.7 Å². The normalized spacial score (nSPS) is 10.8. The number of halogens is 2. The Morgan fingerprint density at radius 3 is 2.36 bits per heavy atom. The van der Waals surface area contributed by atoms with Gasteiger partial charge in [0.15, 0.2) is 0 Å². The summed E-state index contributed by atoms with van der Waals surface area (Å²) in [6.07, 6.45) is 2.69. The Bertz CT molecular complexity index is 436. The number of nitrogens with one attached hydrogen (secondary N) is 2. The summed E-state index contributed by atoms with van der Waals surface area (Å²) in [6.45, 7) is 2.65. The van der Waals surface area contributed by atoms with Crippen LogP contribution in [0.15, 0.2) is 24.3 Å². The lowest BCUT2D eigenvalue weighted by Crippen LogP contribution is -2.37. The van der Waals surface area contributed by atoms with Gasteiger partial charge in [-0.15, -0.1) is 0 Å². The van der Waals surface area contributed by atoms with E-state index in [2.05, 4.69) is 29.2 Å². The molecule has 0 saturated heterocycles. The minimum absolute atomic E-state index is 0.134. The lowest BCUT2D eigenvalue weighted by atomic mass is 10.1. The van der Waals surface area contributed by atoms with Crippen molar-refractivity contribution in [2.75, 3.05) is 13.1 Å². The van der Waals surface area contributed by atoms with E-state index in [0.717, 1.165) is 18.4 Å². The van der Waals surface area contributed by atoms with E-state index < -0.39 is 6.61 Å². The van der Waals surface area contributed by atoms with Gasteiger partial charge < -0.3 is 15.4 Å². The fraction of sp³-hybridized carbons (Fsp3) is 0.562. The Balaban J connectivity index is 2.16. The lowest BCUT2D eigenvalue weighted by Gasteiger charge is -2.09. The Morgan fingerprint density at radius 1 is 1.14 bits per heavy atom. The number of alkyl halides is 2. The first-order valence-electron chi connectivity index (χ1n) is 7.53. The molecule has 1 aromatic carbocycles. The molecule has 1 rings (SSSR count). The van der Waals surface area contributed by atoms with E-state index in [9.17, 15) is 13.6 Å². The third-order valence-electron chi connectivity index (χ3n) is 3.09. The molecule has 0 atom stereocenters. The average molecular weight is 314 g/mol. The van der Waals surface area contributed by atoms with Crippen LogP contribution in [0.4, 0.5) is 13.6 Å². The Morgan fingerprint density at radius 2 is 1.77 bits per heavy atom. The fourth-order valence-electron chi connectivity index (χ4n) is 1.93. The van der Waals surface area contributed by atoms with Crippen molar-refractivity contribution in [3.05, 3.63) is 29.8 Å². The highest BCUT2D eigenvalue weighted by Crippen LogP contribution is 2.14. The van der Waals surface area contributed by atoms with E-state index in [4.69, 9.17) is 0 Å². The van der Waals surface area contributed by atoms with E-state index in [-0.39, 0.29) is 11.8 Å². The van der Waals surface area contributed by atoms with Crippen molar-refractivity contribution in [2.45, 2.75) is 39.7 Å².